The molecule has 2 atom stereocenters. The van der Waals surface area contributed by atoms with Crippen molar-refractivity contribution in [2.45, 2.75) is 43.6 Å². The number of hydrogen-bond donors (Lipinski definition) is 1. The van der Waals surface area contributed by atoms with Crippen LogP contribution in [0.5, 0.6) is 0 Å². The molecular weight excluding hydrogens is 326 g/mol. The summed E-state index contributed by atoms with van der Waals surface area (Å²) in [5.74, 6) is 0.247. The number of amides is 1. The number of aliphatic hydroxyl groups is 1. The highest BCUT2D eigenvalue weighted by Crippen LogP contribution is 2.50. The lowest BCUT2D eigenvalue weighted by molar-refractivity contribution is -0.143. The van der Waals surface area contributed by atoms with Crippen molar-refractivity contribution in [3.8, 4) is 0 Å². The van der Waals surface area contributed by atoms with Crippen molar-refractivity contribution in [3.05, 3.63) is 34.9 Å². The Hall–Kier alpha value is -1.10. The molecule has 4 nitrogen and oxygen atoms in total. The monoisotopic (exact) mass is 351 g/mol. The minimum atomic E-state index is -0.732. The first-order chi connectivity index (χ1) is 11.4. The molecule has 1 amide bonds. The van der Waals surface area contributed by atoms with Crippen molar-refractivity contribution in [3.63, 3.8) is 0 Å². The normalized spacial score (nSPS) is 28.7. The summed E-state index contributed by atoms with van der Waals surface area (Å²) in [6, 6.07) is 7.64. The maximum Gasteiger partial charge on any atom is 0.233 e. The van der Waals surface area contributed by atoms with Crippen LogP contribution in [0.3, 0.4) is 0 Å². The number of piperidine rings is 1. The third-order valence-corrected chi connectivity index (χ3v) is 6.06. The maximum absolute atomic E-state index is 13.1. The molecule has 1 aromatic rings. The van der Waals surface area contributed by atoms with E-state index in [-0.39, 0.29) is 17.2 Å². The molecule has 1 saturated heterocycles. The van der Waals surface area contributed by atoms with Crippen LogP contribution in [0.4, 0.5) is 0 Å². The molecule has 0 unspecified atom stereocenters. The zero-order valence-electron chi connectivity index (χ0n) is 14.4. The van der Waals surface area contributed by atoms with Gasteiger partial charge in [0.1, 0.15) is 0 Å². The lowest BCUT2D eigenvalue weighted by atomic mass is 9.79. The number of methoxy groups -OCH3 is 1. The highest BCUT2D eigenvalue weighted by atomic mass is 35.5. The second-order valence-electron chi connectivity index (χ2n) is 7.34. The molecule has 3 rings (SSSR count). The van der Waals surface area contributed by atoms with E-state index >= 15 is 0 Å². The van der Waals surface area contributed by atoms with E-state index in [4.69, 9.17) is 16.3 Å². The summed E-state index contributed by atoms with van der Waals surface area (Å²) in [5.41, 5.74) is -0.0411. The van der Waals surface area contributed by atoms with Gasteiger partial charge in [0.05, 0.1) is 11.0 Å². The molecule has 2 fully saturated rings. The number of hydrogen-bond acceptors (Lipinski definition) is 3. The van der Waals surface area contributed by atoms with Gasteiger partial charge in [0.15, 0.2) is 0 Å². The Kier molecular flexibility index (Phi) is 4.92. The number of carbonyl (C=O) groups is 1. The van der Waals surface area contributed by atoms with Gasteiger partial charge >= 0.3 is 0 Å². The van der Waals surface area contributed by atoms with Crippen LogP contribution in [0.1, 0.15) is 38.2 Å². The van der Waals surface area contributed by atoms with Crippen LogP contribution < -0.4 is 0 Å². The Balaban J connectivity index is 1.70. The van der Waals surface area contributed by atoms with Crippen LogP contribution in [0.15, 0.2) is 24.3 Å². The molecule has 132 valence electrons. The number of benzene rings is 1. The second kappa shape index (κ2) is 6.66. The number of likely N-dealkylation sites (tertiary alicyclic amines) is 1. The van der Waals surface area contributed by atoms with E-state index in [0.29, 0.717) is 37.6 Å². The Labute approximate surface area is 148 Å². The summed E-state index contributed by atoms with van der Waals surface area (Å²) in [5, 5.41) is 11.5. The molecule has 0 bridgehead atoms. The zero-order chi connectivity index (χ0) is 17.4. The van der Waals surface area contributed by atoms with E-state index in [2.05, 4.69) is 0 Å². The van der Waals surface area contributed by atoms with Crippen LogP contribution in [0.25, 0.3) is 0 Å². The fourth-order valence-electron chi connectivity index (χ4n) is 3.82. The predicted molar refractivity (Wildman–Crippen MR) is 94.2 cm³/mol. The second-order valence-corrected chi connectivity index (χ2v) is 7.77. The van der Waals surface area contributed by atoms with Crippen LogP contribution >= 0.6 is 11.6 Å². The topological polar surface area (TPSA) is 49.8 Å². The molecule has 1 heterocycles. The van der Waals surface area contributed by atoms with Crippen LogP contribution in [0, 0.1) is 5.92 Å². The number of rotatable bonds is 5. The van der Waals surface area contributed by atoms with E-state index in [9.17, 15) is 9.90 Å². The van der Waals surface area contributed by atoms with Gasteiger partial charge in [0, 0.05) is 37.7 Å². The molecule has 0 spiro atoms. The van der Waals surface area contributed by atoms with Gasteiger partial charge < -0.3 is 14.7 Å². The van der Waals surface area contributed by atoms with Crippen molar-refractivity contribution in [1.29, 1.82) is 0 Å². The summed E-state index contributed by atoms with van der Waals surface area (Å²) < 4.78 is 5.11. The highest BCUT2D eigenvalue weighted by Gasteiger charge is 2.54. The summed E-state index contributed by atoms with van der Waals surface area (Å²) in [6.45, 7) is 3.79. The molecule has 1 aliphatic carbocycles. The number of carbonyl (C=O) groups excluding carboxylic acids is 1. The summed E-state index contributed by atoms with van der Waals surface area (Å²) in [4.78, 5) is 15.1. The molecule has 5 heteroatoms. The molecule has 0 aromatic heterocycles. The largest absolute Gasteiger partial charge is 0.389 e. The van der Waals surface area contributed by atoms with Crippen molar-refractivity contribution in [2.75, 3.05) is 26.8 Å². The van der Waals surface area contributed by atoms with Crippen molar-refractivity contribution < 1.29 is 14.6 Å². The van der Waals surface area contributed by atoms with Gasteiger partial charge in [-0.15, -0.1) is 0 Å². The van der Waals surface area contributed by atoms with Crippen LogP contribution in [-0.4, -0.2) is 48.3 Å². The van der Waals surface area contributed by atoms with E-state index < -0.39 is 5.60 Å². The molecule has 2 aliphatic rings. The molecule has 1 aromatic carbocycles. The predicted octanol–water partition coefficient (Wildman–Crippen LogP) is 3.01. The van der Waals surface area contributed by atoms with Gasteiger partial charge in [-0.2, -0.15) is 0 Å². The standard InChI is InChI=1S/C19H26ClNO3/c1-14-13-21(11-9-19(14,23)10-12-24-2)17(22)18(7-8-18)15-3-5-16(20)6-4-15/h3-6,14,23H,7-13H2,1-2H3/t14-,19-/m1/s1. The SMILES string of the molecule is COCC[C@]1(O)CCN(C(=O)C2(c3ccc(Cl)cc3)CC2)C[C@H]1C. The van der Waals surface area contributed by atoms with E-state index in [1.54, 1.807) is 7.11 Å². The van der Waals surface area contributed by atoms with Crippen molar-refractivity contribution >= 4 is 17.5 Å². The maximum atomic E-state index is 13.1. The van der Waals surface area contributed by atoms with Crippen molar-refractivity contribution in [1.82, 2.24) is 4.90 Å². The summed E-state index contributed by atoms with van der Waals surface area (Å²) in [7, 11) is 1.65. The van der Waals surface area contributed by atoms with Gasteiger partial charge in [-0.25, -0.2) is 0 Å². The number of ether oxygens (including phenoxy) is 1. The molecule has 1 saturated carbocycles. The average molecular weight is 352 g/mol. The van der Waals surface area contributed by atoms with E-state index in [0.717, 1.165) is 18.4 Å². The van der Waals surface area contributed by atoms with Gasteiger partial charge in [0.25, 0.3) is 0 Å². The Morgan fingerprint density at radius 2 is 2.00 bits per heavy atom. The lowest BCUT2D eigenvalue weighted by Gasteiger charge is -2.44. The zero-order valence-corrected chi connectivity index (χ0v) is 15.2. The quantitative estimate of drug-likeness (QED) is 0.887. The molecule has 24 heavy (non-hydrogen) atoms. The van der Waals surface area contributed by atoms with Gasteiger partial charge in [-0.3, -0.25) is 4.79 Å². The van der Waals surface area contributed by atoms with Gasteiger partial charge in [-0.05, 0) is 43.4 Å². The molecule has 1 N–H and O–H groups in total. The van der Waals surface area contributed by atoms with Gasteiger partial charge in [0.2, 0.25) is 5.91 Å². The first kappa shape index (κ1) is 17.7. The fourth-order valence-corrected chi connectivity index (χ4v) is 3.95. The van der Waals surface area contributed by atoms with Crippen LogP contribution in [-0.2, 0) is 14.9 Å². The Morgan fingerprint density at radius 1 is 1.33 bits per heavy atom. The van der Waals surface area contributed by atoms with Gasteiger partial charge in [-0.1, -0.05) is 30.7 Å². The summed E-state index contributed by atoms with van der Waals surface area (Å²) >= 11 is 5.97. The van der Waals surface area contributed by atoms with E-state index in [1.165, 1.54) is 0 Å². The average Bonchev–Trinajstić information content (AvgIpc) is 3.37. The third kappa shape index (κ3) is 3.19. The first-order valence-corrected chi connectivity index (χ1v) is 9.06. The summed E-state index contributed by atoms with van der Waals surface area (Å²) in [6.07, 6.45) is 3.02. The molecular formula is C19H26ClNO3. The lowest BCUT2D eigenvalue weighted by Crippen LogP contribution is -2.54. The van der Waals surface area contributed by atoms with Crippen LogP contribution in [0.2, 0.25) is 5.02 Å². The molecule has 0 radical (unpaired) electrons. The highest BCUT2D eigenvalue weighted by molar-refractivity contribution is 6.30. The number of halogens is 1. The Bertz CT molecular complexity index is 599. The number of nitrogens with zero attached hydrogens (tertiary/aromatic N) is 1. The Morgan fingerprint density at radius 3 is 2.54 bits per heavy atom. The van der Waals surface area contributed by atoms with Crippen molar-refractivity contribution in [2.24, 2.45) is 5.92 Å². The minimum absolute atomic E-state index is 0.0476. The fraction of sp³-hybridized carbons (Fsp3) is 0.632. The molecule has 1 aliphatic heterocycles. The van der Waals surface area contributed by atoms with E-state index in [1.807, 2.05) is 36.1 Å². The first-order valence-electron chi connectivity index (χ1n) is 8.68. The minimum Gasteiger partial charge on any atom is -0.389 e. The smallest absolute Gasteiger partial charge is 0.233 e. The third-order valence-electron chi connectivity index (χ3n) is 5.81.